The maximum Gasteiger partial charge on any atom is 0.124 e. The molecule has 0 aliphatic rings. The van der Waals surface area contributed by atoms with Gasteiger partial charge in [-0.2, -0.15) is 0 Å². The van der Waals surface area contributed by atoms with Crippen molar-refractivity contribution in [2.75, 3.05) is 19.6 Å². The molecule has 1 unspecified atom stereocenters. The predicted molar refractivity (Wildman–Crippen MR) is 76.3 cm³/mol. The molecule has 18 heavy (non-hydrogen) atoms. The first kappa shape index (κ1) is 14.8. The summed E-state index contributed by atoms with van der Waals surface area (Å²) in [6.07, 6.45) is 0.675. The molecular formula is C16H23NO. The normalized spacial score (nSPS) is 13.8. The molecule has 0 spiro atoms. The summed E-state index contributed by atoms with van der Waals surface area (Å²) in [5.41, 5.74) is 0.0268. The molecule has 1 rings (SSSR count). The fraction of sp³-hybridized carbons (Fsp3) is 0.500. The van der Waals surface area contributed by atoms with E-state index in [0.717, 1.165) is 25.2 Å². The number of hydrogen-bond donors (Lipinski definition) is 1. The molecule has 0 aliphatic carbocycles. The topological polar surface area (TPSA) is 23.5 Å². The average Bonchev–Trinajstić information content (AvgIpc) is 2.39. The van der Waals surface area contributed by atoms with E-state index in [1.807, 2.05) is 30.3 Å². The van der Waals surface area contributed by atoms with Crippen molar-refractivity contribution in [1.82, 2.24) is 4.90 Å². The molecule has 0 aromatic heterocycles. The summed E-state index contributed by atoms with van der Waals surface area (Å²) in [4.78, 5) is 2.29. The van der Waals surface area contributed by atoms with Gasteiger partial charge in [0.15, 0.2) is 0 Å². The summed E-state index contributed by atoms with van der Waals surface area (Å²) in [6, 6.07) is 9.77. The van der Waals surface area contributed by atoms with Gasteiger partial charge < -0.3 is 10.0 Å². The molecule has 1 aromatic rings. The zero-order valence-corrected chi connectivity index (χ0v) is 11.6. The van der Waals surface area contributed by atoms with Crippen molar-refractivity contribution in [2.24, 2.45) is 0 Å². The first-order valence-corrected chi connectivity index (χ1v) is 6.60. The quantitative estimate of drug-likeness (QED) is 0.806. The lowest BCUT2D eigenvalue weighted by Gasteiger charge is -2.23. The second-order valence-corrected chi connectivity index (χ2v) is 4.67. The molecule has 98 valence electrons. The minimum atomic E-state index is -0.918. The highest BCUT2D eigenvalue weighted by atomic mass is 16.3. The first-order chi connectivity index (χ1) is 8.57. The van der Waals surface area contributed by atoms with Crippen molar-refractivity contribution in [2.45, 2.75) is 32.8 Å². The lowest BCUT2D eigenvalue weighted by Crippen LogP contribution is -2.31. The Balaban J connectivity index is 2.57. The van der Waals surface area contributed by atoms with E-state index >= 15 is 0 Å². The minimum absolute atomic E-state index is 0.675. The number of rotatable bonds is 5. The fourth-order valence-corrected chi connectivity index (χ4v) is 1.71. The third kappa shape index (κ3) is 5.35. The summed E-state index contributed by atoms with van der Waals surface area (Å²) >= 11 is 0. The molecule has 0 fully saturated rings. The summed E-state index contributed by atoms with van der Waals surface area (Å²) in [7, 11) is 0. The van der Waals surface area contributed by atoms with Gasteiger partial charge in [-0.1, -0.05) is 43.9 Å². The van der Waals surface area contributed by atoms with Crippen LogP contribution in [0, 0.1) is 11.8 Å². The highest BCUT2D eigenvalue weighted by Gasteiger charge is 2.17. The van der Waals surface area contributed by atoms with E-state index in [9.17, 15) is 5.11 Å². The van der Waals surface area contributed by atoms with Gasteiger partial charge in [0.25, 0.3) is 0 Å². The molecule has 0 saturated heterocycles. The van der Waals surface area contributed by atoms with Crippen molar-refractivity contribution in [3.63, 3.8) is 0 Å². The lowest BCUT2D eigenvalue weighted by molar-refractivity contribution is 0.0966. The minimum Gasteiger partial charge on any atom is -0.378 e. The molecule has 2 nitrogen and oxygen atoms in total. The highest BCUT2D eigenvalue weighted by molar-refractivity contribution is 5.35. The molecule has 2 heteroatoms. The Bertz CT molecular complexity index is 396. The molecule has 0 bridgehead atoms. The van der Waals surface area contributed by atoms with E-state index < -0.39 is 5.60 Å². The van der Waals surface area contributed by atoms with Crippen LogP contribution in [0.15, 0.2) is 30.3 Å². The van der Waals surface area contributed by atoms with E-state index in [-0.39, 0.29) is 0 Å². The third-order valence-electron chi connectivity index (χ3n) is 3.06. The zero-order chi connectivity index (χ0) is 13.4. The van der Waals surface area contributed by atoms with Crippen molar-refractivity contribution in [3.05, 3.63) is 35.9 Å². The second kappa shape index (κ2) is 7.20. The maximum absolute atomic E-state index is 10.2. The molecule has 1 atom stereocenters. The zero-order valence-electron chi connectivity index (χ0n) is 11.6. The van der Waals surface area contributed by atoms with Crippen LogP contribution >= 0.6 is 0 Å². The number of aliphatic hydroxyl groups is 1. The monoisotopic (exact) mass is 245 g/mol. The van der Waals surface area contributed by atoms with E-state index in [0.29, 0.717) is 6.42 Å². The van der Waals surface area contributed by atoms with Crippen LogP contribution in [0.2, 0.25) is 0 Å². The summed E-state index contributed by atoms with van der Waals surface area (Å²) < 4.78 is 0. The molecule has 0 saturated carbocycles. The Morgan fingerprint density at radius 3 is 2.33 bits per heavy atom. The lowest BCUT2D eigenvalue weighted by atomic mass is 10.0. The van der Waals surface area contributed by atoms with E-state index in [1.165, 1.54) is 0 Å². The standard InChI is InChI=1S/C16H23NO/c1-4-17(5-2)14-13-16(3,18)12-11-15-9-7-6-8-10-15/h6-10,18H,4-5,13-14H2,1-3H3. The summed E-state index contributed by atoms with van der Waals surface area (Å²) in [6.45, 7) is 8.95. The van der Waals surface area contributed by atoms with Gasteiger partial charge in [0.2, 0.25) is 0 Å². The molecule has 1 N–H and O–H groups in total. The van der Waals surface area contributed by atoms with Crippen LogP contribution < -0.4 is 0 Å². The molecule has 0 amide bonds. The van der Waals surface area contributed by atoms with Crippen LogP contribution in [0.3, 0.4) is 0 Å². The van der Waals surface area contributed by atoms with Gasteiger partial charge in [0.1, 0.15) is 5.60 Å². The van der Waals surface area contributed by atoms with Crippen LogP contribution in [0.4, 0.5) is 0 Å². The Hall–Kier alpha value is -1.30. The molecular weight excluding hydrogens is 222 g/mol. The smallest absolute Gasteiger partial charge is 0.124 e. The molecule has 0 radical (unpaired) electrons. The maximum atomic E-state index is 10.2. The SMILES string of the molecule is CCN(CC)CCC(C)(O)C#Cc1ccccc1. The van der Waals surface area contributed by atoms with Gasteiger partial charge in [-0.3, -0.25) is 0 Å². The predicted octanol–water partition coefficient (Wildman–Crippen LogP) is 2.52. The van der Waals surface area contributed by atoms with Crippen LogP contribution in [-0.2, 0) is 0 Å². The Labute approximate surface area is 111 Å². The number of nitrogens with zero attached hydrogens (tertiary/aromatic N) is 1. The van der Waals surface area contributed by atoms with Crippen molar-refractivity contribution in [3.8, 4) is 11.8 Å². The van der Waals surface area contributed by atoms with Crippen LogP contribution in [0.1, 0.15) is 32.8 Å². The van der Waals surface area contributed by atoms with Crippen LogP contribution in [0.25, 0.3) is 0 Å². The van der Waals surface area contributed by atoms with E-state index in [4.69, 9.17) is 0 Å². The Kier molecular flexibility index (Phi) is 5.91. The summed E-state index contributed by atoms with van der Waals surface area (Å²) in [5.74, 6) is 5.98. The van der Waals surface area contributed by atoms with Gasteiger partial charge >= 0.3 is 0 Å². The van der Waals surface area contributed by atoms with Gasteiger partial charge in [-0.25, -0.2) is 0 Å². The van der Waals surface area contributed by atoms with E-state index in [2.05, 4.69) is 30.6 Å². The number of hydrogen-bond acceptors (Lipinski definition) is 2. The second-order valence-electron chi connectivity index (χ2n) is 4.67. The molecule has 1 aromatic carbocycles. The number of benzene rings is 1. The van der Waals surface area contributed by atoms with Crippen molar-refractivity contribution < 1.29 is 5.11 Å². The Morgan fingerprint density at radius 2 is 1.78 bits per heavy atom. The van der Waals surface area contributed by atoms with Gasteiger partial charge in [0, 0.05) is 12.1 Å². The average molecular weight is 245 g/mol. The van der Waals surface area contributed by atoms with Crippen molar-refractivity contribution in [1.29, 1.82) is 0 Å². The Morgan fingerprint density at radius 1 is 1.17 bits per heavy atom. The third-order valence-corrected chi connectivity index (χ3v) is 3.06. The largest absolute Gasteiger partial charge is 0.378 e. The highest BCUT2D eigenvalue weighted by Crippen LogP contribution is 2.09. The first-order valence-electron chi connectivity index (χ1n) is 6.60. The van der Waals surface area contributed by atoms with Gasteiger partial charge in [-0.05, 0) is 38.6 Å². The molecule has 0 heterocycles. The van der Waals surface area contributed by atoms with E-state index in [1.54, 1.807) is 6.92 Å². The van der Waals surface area contributed by atoms with Crippen LogP contribution in [-0.4, -0.2) is 35.2 Å². The van der Waals surface area contributed by atoms with Gasteiger partial charge in [-0.15, -0.1) is 0 Å². The molecule has 0 aliphatic heterocycles. The van der Waals surface area contributed by atoms with Crippen LogP contribution in [0.5, 0.6) is 0 Å². The fourth-order valence-electron chi connectivity index (χ4n) is 1.71. The van der Waals surface area contributed by atoms with Gasteiger partial charge in [0.05, 0.1) is 0 Å². The van der Waals surface area contributed by atoms with Crippen molar-refractivity contribution >= 4 is 0 Å². The summed E-state index contributed by atoms with van der Waals surface area (Å²) in [5, 5.41) is 10.2.